The molecule has 0 atom stereocenters. The molecule has 1 fully saturated rings. The third-order valence-corrected chi connectivity index (χ3v) is 8.89. The minimum Gasteiger partial charge on any atom is -0.443 e. The van der Waals surface area contributed by atoms with E-state index in [1.807, 2.05) is 0 Å². The predicted molar refractivity (Wildman–Crippen MR) is 168 cm³/mol. The molecule has 0 spiro atoms. The van der Waals surface area contributed by atoms with Gasteiger partial charge in [-0.1, -0.05) is 29.4 Å². The third-order valence-electron chi connectivity index (χ3n) is 6.61. The van der Waals surface area contributed by atoms with Crippen molar-refractivity contribution in [1.82, 2.24) is 15.1 Å². The Kier molecular flexibility index (Phi) is 8.44. The highest BCUT2D eigenvalue weighted by molar-refractivity contribution is 7.92. The molecule has 2 amide bonds. The lowest BCUT2D eigenvalue weighted by Crippen LogP contribution is -2.44. The van der Waals surface area contributed by atoms with Crippen LogP contribution >= 0.6 is 0 Å². The smallest absolute Gasteiger partial charge is 0.425 e. The van der Waals surface area contributed by atoms with E-state index in [4.69, 9.17) is 24.2 Å². The number of benzene rings is 2. The van der Waals surface area contributed by atoms with Crippen LogP contribution in [0.2, 0.25) is 0 Å². The van der Waals surface area contributed by atoms with Gasteiger partial charge in [0.25, 0.3) is 0 Å². The van der Waals surface area contributed by atoms with Crippen molar-refractivity contribution >= 4 is 27.8 Å². The number of hydrogen-bond acceptors (Lipinski definition) is 11. The molecule has 1 aliphatic carbocycles. The zero-order valence-corrected chi connectivity index (χ0v) is 27.1. The Bertz CT molecular complexity index is 1900. The van der Waals surface area contributed by atoms with E-state index in [0.717, 1.165) is 0 Å². The van der Waals surface area contributed by atoms with Gasteiger partial charge in [0.1, 0.15) is 16.9 Å². The van der Waals surface area contributed by atoms with Gasteiger partial charge in [0.2, 0.25) is 0 Å². The van der Waals surface area contributed by atoms with Crippen molar-refractivity contribution in [2.45, 2.75) is 75.7 Å². The molecule has 0 N–H and O–H groups in total. The molecule has 2 aromatic heterocycles. The van der Waals surface area contributed by atoms with Crippen LogP contribution in [0.3, 0.4) is 0 Å². The molecule has 0 saturated heterocycles. The molecule has 2 heterocycles. The number of carbonyl (C=O) groups is 2. The molecule has 0 aliphatic heterocycles. The van der Waals surface area contributed by atoms with E-state index in [1.165, 1.54) is 18.3 Å². The lowest BCUT2D eigenvalue weighted by molar-refractivity contribution is 0.0429. The molecule has 1 saturated carbocycles. The first-order valence-corrected chi connectivity index (χ1v) is 16.1. The monoisotopic (exact) mass is 643 g/mol. The number of carbonyl (C=O) groups excluding carboxylic acids is 2. The molecule has 12 nitrogen and oxygen atoms in total. The van der Waals surface area contributed by atoms with E-state index in [9.17, 15) is 18.0 Å². The minimum atomic E-state index is -3.40. The standard InChI is InChI=1S/C33H33N5O7S/c1-32(2,3)43-30(39)38(31(40)44-33(4,5)6)29-28(27-17-25(37-45-27)21-9-7-20(18-34)8-10-21)36-26(19-35-29)22-11-13-23(14-12-22)46(41,42)24-15-16-24/h7-14,17,19,24H,15-16H2,1-6H3. The summed E-state index contributed by atoms with van der Waals surface area (Å²) in [5, 5.41) is 13.0. The maximum atomic E-state index is 13.5. The molecule has 5 rings (SSSR count). The summed E-state index contributed by atoms with van der Waals surface area (Å²) in [6.07, 6.45) is 0.544. The maximum Gasteiger partial charge on any atom is 0.425 e. The first-order chi connectivity index (χ1) is 21.6. The number of amides is 2. The maximum absolute atomic E-state index is 13.5. The van der Waals surface area contributed by atoms with Gasteiger partial charge in [0.15, 0.2) is 27.1 Å². The number of nitriles is 1. The zero-order chi connectivity index (χ0) is 33.4. The average Bonchev–Trinajstić information content (AvgIpc) is 3.74. The number of hydrogen-bond donors (Lipinski definition) is 0. The fourth-order valence-corrected chi connectivity index (χ4v) is 5.99. The zero-order valence-electron chi connectivity index (χ0n) is 26.3. The summed E-state index contributed by atoms with van der Waals surface area (Å²) in [5.74, 6) is -0.170. The van der Waals surface area contributed by atoms with Crippen molar-refractivity contribution in [1.29, 1.82) is 5.26 Å². The Balaban J connectivity index is 1.64. The lowest BCUT2D eigenvalue weighted by atomic mass is 10.1. The summed E-state index contributed by atoms with van der Waals surface area (Å²) < 4.78 is 42.2. The van der Waals surface area contributed by atoms with E-state index >= 15 is 0 Å². The second kappa shape index (κ2) is 12.0. The Hall–Kier alpha value is -5.09. The van der Waals surface area contributed by atoms with Crippen molar-refractivity contribution in [2.24, 2.45) is 0 Å². The Labute approximate surface area is 266 Å². The first-order valence-electron chi connectivity index (χ1n) is 14.5. The fraction of sp³-hybridized carbons (Fsp3) is 0.333. The largest absolute Gasteiger partial charge is 0.443 e. The van der Waals surface area contributed by atoms with E-state index in [-0.39, 0.29) is 27.4 Å². The third kappa shape index (κ3) is 7.24. The summed E-state index contributed by atoms with van der Waals surface area (Å²) in [6, 6.07) is 16.6. The first kappa shape index (κ1) is 32.3. The number of rotatable bonds is 6. The van der Waals surface area contributed by atoms with Crippen LogP contribution < -0.4 is 4.90 Å². The van der Waals surface area contributed by atoms with E-state index in [1.54, 1.807) is 84.0 Å². The van der Waals surface area contributed by atoms with Crippen LogP contribution in [0.15, 0.2) is 70.2 Å². The molecule has 4 aromatic rings. The highest BCUT2D eigenvalue weighted by Crippen LogP contribution is 2.36. The van der Waals surface area contributed by atoms with Gasteiger partial charge < -0.3 is 14.0 Å². The van der Waals surface area contributed by atoms with Gasteiger partial charge in [-0.15, -0.1) is 0 Å². The van der Waals surface area contributed by atoms with Gasteiger partial charge in [0.05, 0.1) is 33.7 Å². The molecule has 46 heavy (non-hydrogen) atoms. The van der Waals surface area contributed by atoms with Gasteiger partial charge in [-0.2, -0.15) is 10.2 Å². The van der Waals surface area contributed by atoms with Crippen LogP contribution in [-0.2, 0) is 19.3 Å². The molecule has 1 aliphatic rings. The summed E-state index contributed by atoms with van der Waals surface area (Å²) in [5.41, 5.74) is 0.370. The van der Waals surface area contributed by atoms with E-state index in [2.05, 4.69) is 16.2 Å². The minimum absolute atomic E-state index is 0.0312. The summed E-state index contributed by atoms with van der Waals surface area (Å²) in [6.45, 7) is 9.92. The molecular weight excluding hydrogens is 610 g/mol. The Morgan fingerprint density at radius 1 is 0.891 bits per heavy atom. The average molecular weight is 644 g/mol. The second-order valence-corrected chi connectivity index (χ2v) is 15.0. The molecular formula is C33H33N5O7S. The van der Waals surface area contributed by atoms with Crippen molar-refractivity contribution in [3.63, 3.8) is 0 Å². The van der Waals surface area contributed by atoms with Crippen molar-refractivity contribution in [2.75, 3.05) is 4.90 Å². The van der Waals surface area contributed by atoms with Crippen LogP contribution in [0.25, 0.3) is 34.0 Å². The normalized spacial score (nSPS) is 13.5. The molecule has 13 heteroatoms. The topological polar surface area (TPSA) is 166 Å². The number of imide groups is 1. The molecule has 0 radical (unpaired) electrons. The fourth-order valence-electron chi connectivity index (χ4n) is 4.34. The van der Waals surface area contributed by atoms with Crippen LogP contribution in [0.5, 0.6) is 0 Å². The number of anilines is 1. The summed E-state index contributed by atoms with van der Waals surface area (Å²) in [7, 11) is -3.40. The number of sulfone groups is 1. The van der Waals surface area contributed by atoms with Crippen molar-refractivity contribution in [3.8, 4) is 40.0 Å². The van der Waals surface area contributed by atoms with Gasteiger partial charge in [-0.05, 0) is 78.6 Å². The number of aromatic nitrogens is 3. The molecule has 0 unspecified atom stereocenters. The molecule has 0 bridgehead atoms. The quantitative estimate of drug-likeness (QED) is 0.213. The Morgan fingerprint density at radius 2 is 1.43 bits per heavy atom. The molecule has 238 valence electrons. The van der Waals surface area contributed by atoms with E-state index < -0.39 is 33.2 Å². The molecule has 2 aromatic carbocycles. The Morgan fingerprint density at radius 3 is 1.96 bits per heavy atom. The van der Waals surface area contributed by atoms with E-state index in [0.29, 0.717) is 45.8 Å². The van der Waals surface area contributed by atoms with Gasteiger partial charge in [-0.25, -0.2) is 28.0 Å². The second-order valence-electron chi connectivity index (χ2n) is 12.8. The number of nitrogens with zero attached hydrogens (tertiary/aromatic N) is 5. The van der Waals surface area contributed by atoms with Crippen LogP contribution in [-0.4, -0.2) is 52.2 Å². The number of ether oxygens (including phenoxy) is 2. The predicted octanol–water partition coefficient (Wildman–Crippen LogP) is 6.95. The van der Waals surface area contributed by atoms with Crippen LogP contribution in [0, 0.1) is 11.3 Å². The lowest BCUT2D eigenvalue weighted by Gasteiger charge is -2.28. The van der Waals surface area contributed by atoms with Crippen molar-refractivity contribution < 1.29 is 32.0 Å². The van der Waals surface area contributed by atoms with Crippen LogP contribution in [0.4, 0.5) is 15.4 Å². The highest BCUT2D eigenvalue weighted by Gasteiger charge is 2.38. The summed E-state index contributed by atoms with van der Waals surface area (Å²) in [4.78, 5) is 37.1. The summed E-state index contributed by atoms with van der Waals surface area (Å²) >= 11 is 0. The van der Waals surface area contributed by atoms with Crippen molar-refractivity contribution in [3.05, 3.63) is 66.4 Å². The van der Waals surface area contributed by atoms with Gasteiger partial charge in [-0.3, -0.25) is 0 Å². The highest BCUT2D eigenvalue weighted by atomic mass is 32.2. The van der Waals surface area contributed by atoms with Gasteiger partial charge in [0, 0.05) is 17.2 Å². The van der Waals surface area contributed by atoms with Gasteiger partial charge >= 0.3 is 12.2 Å². The SMILES string of the molecule is CC(C)(C)OC(=O)N(C(=O)OC(C)(C)C)c1ncc(-c2ccc(S(=O)(=O)C3CC3)cc2)nc1-c1cc(-c2ccc(C#N)cc2)no1. The van der Waals surface area contributed by atoms with Crippen LogP contribution in [0.1, 0.15) is 59.9 Å².